The predicted octanol–water partition coefficient (Wildman–Crippen LogP) is 0.929. The Morgan fingerprint density at radius 3 is 2.67 bits per heavy atom. The summed E-state index contributed by atoms with van der Waals surface area (Å²) in [4.78, 5) is 25.1. The molecule has 1 aliphatic rings. The summed E-state index contributed by atoms with van der Waals surface area (Å²) in [5, 5.41) is 3.25. The van der Waals surface area contributed by atoms with Crippen molar-refractivity contribution in [2.45, 2.75) is 51.6 Å². The van der Waals surface area contributed by atoms with Gasteiger partial charge in [-0.25, -0.2) is 0 Å². The number of carbonyl (C=O) groups is 2. The molecule has 0 spiro atoms. The number of amides is 2. The molecule has 2 unspecified atom stereocenters. The number of nitrogens with zero attached hydrogens (tertiary/aromatic N) is 1. The fourth-order valence-electron chi connectivity index (χ4n) is 2.32. The van der Waals surface area contributed by atoms with Crippen LogP contribution in [0.25, 0.3) is 0 Å². The van der Waals surface area contributed by atoms with E-state index >= 15 is 0 Å². The lowest BCUT2D eigenvalue weighted by Gasteiger charge is -2.21. The Morgan fingerprint density at radius 1 is 1.39 bits per heavy atom. The number of imide groups is 1. The van der Waals surface area contributed by atoms with Gasteiger partial charge < -0.3 is 10.1 Å². The quantitative estimate of drug-likeness (QED) is 0.656. The second kappa shape index (κ2) is 7.48. The zero-order valence-electron chi connectivity index (χ0n) is 11.6. The summed E-state index contributed by atoms with van der Waals surface area (Å²) in [6.07, 6.45) is 3.05. The zero-order valence-corrected chi connectivity index (χ0v) is 11.6. The van der Waals surface area contributed by atoms with Crippen LogP contribution in [0.1, 0.15) is 39.5 Å². The second-order valence-electron chi connectivity index (χ2n) is 4.75. The van der Waals surface area contributed by atoms with E-state index in [4.69, 9.17) is 4.74 Å². The Morgan fingerprint density at radius 2 is 2.11 bits per heavy atom. The molecule has 0 aromatic carbocycles. The van der Waals surface area contributed by atoms with Crippen LogP contribution in [-0.2, 0) is 14.3 Å². The van der Waals surface area contributed by atoms with E-state index in [0.717, 1.165) is 19.3 Å². The number of likely N-dealkylation sites (tertiary alicyclic amines) is 1. The van der Waals surface area contributed by atoms with Gasteiger partial charge in [-0.2, -0.15) is 0 Å². The van der Waals surface area contributed by atoms with Crippen LogP contribution in [-0.4, -0.2) is 49.1 Å². The van der Waals surface area contributed by atoms with E-state index < -0.39 is 0 Å². The van der Waals surface area contributed by atoms with Gasteiger partial charge in [-0.05, 0) is 12.8 Å². The molecule has 1 saturated heterocycles. The standard InChI is InChI=1S/C13H24N2O3/c1-4-6-10(9-18-3)14-11-8-12(16)15(7-5-2)13(11)17/h10-11,14H,4-9H2,1-3H3. The minimum absolute atomic E-state index is 0.0629. The number of hydrogen-bond donors (Lipinski definition) is 1. The van der Waals surface area contributed by atoms with Crippen LogP contribution in [0, 0.1) is 0 Å². The van der Waals surface area contributed by atoms with Crippen molar-refractivity contribution in [1.82, 2.24) is 10.2 Å². The number of rotatable bonds is 8. The summed E-state index contributed by atoms with van der Waals surface area (Å²) in [5.41, 5.74) is 0. The largest absolute Gasteiger partial charge is 0.383 e. The van der Waals surface area contributed by atoms with E-state index in [9.17, 15) is 9.59 Å². The number of methoxy groups -OCH3 is 1. The Hall–Kier alpha value is -0.940. The summed E-state index contributed by atoms with van der Waals surface area (Å²) in [6, 6.07) is -0.223. The Labute approximate surface area is 109 Å². The molecule has 0 aromatic heterocycles. The molecule has 2 amide bonds. The smallest absolute Gasteiger partial charge is 0.246 e. The average Bonchev–Trinajstić information content (AvgIpc) is 2.58. The van der Waals surface area contributed by atoms with Crippen molar-refractivity contribution in [3.63, 3.8) is 0 Å². The number of hydrogen-bond acceptors (Lipinski definition) is 4. The van der Waals surface area contributed by atoms with E-state index in [-0.39, 0.29) is 30.3 Å². The first-order chi connectivity index (χ1) is 8.63. The van der Waals surface area contributed by atoms with Gasteiger partial charge in [-0.1, -0.05) is 20.3 Å². The number of carbonyl (C=O) groups excluding carboxylic acids is 2. The molecule has 0 aromatic rings. The van der Waals surface area contributed by atoms with Gasteiger partial charge in [0.05, 0.1) is 19.1 Å². The van der Waals surface area contributed by atoms with Gasteiger partial charge in [-0.3, -0.25) is 14.5 Å². The van der Waals surface area contributed by atoms with Crippen LogP contribution < -0.4 is 5.32 Å². The summed E-state index contributed by atoms with van der Waals surface area (Å²) >= 11 is 0. The molecule has 0 aliphatic carbocycles. The van der Waals surface area contributed by atoms with Crippen molar-refractivity contribution in [3.8, 4) is 0 Å². The van der Waals surface area contributed by atoms with Gasteiger partial charge in [0.15, 0.2) is 0 Å². The third-order valence-corrected chi connectivity index (χ3v) is 3.13. The van der Waals surface area contributed by atoms with Crippen LogP contribution in [0.15, 0.2) is 0 Å². The van der Waals surface area contributed by atoms with Crippen LogP contribution in [0.2, 0.25) is 0 Å². The first kappa shape index (κ1) is 15.1. The summed E-state index contributed by atoms with van der Waals surface area (Å²) in [5.74, 6) is -0.147. The number of nitrogens with one attached hydrogen (secondary N) is 1. The minimum Gasteiger partial charge on any atom is -0.383 e. The van der Waals surface area contributed by atoms with E-state index in [2.05, 4.69) is 12.2 Å². The van der Waals surface area contributed by atoms with Gasteiger partial charge in [0.1, 0.15) is 0 Å². The van der Waals surface area contributed by atoms with Crippen LogP contribution in [0.5, 0.6) is 0 Å². The van der Waals surface area contributed by atoms with Gasteiger partial charge in [-0.15, -0.1) is 0 Å². The highest BCUT2D eigenvalue weighted by molar-refractivity contribution is 6.05. The van der Waals surface area contributed by atoms with E-state index in [1.165, 1.54) is 4.90 Å². The zero-order chi connectivity index (χ0) is 13.5. The van der Waals surface area contributed by atoms with Crippen molar-refractivity contribution in [3.05, 3.63) is 0 Å². The molecule has 104 valence electrons. The van der Waals surface area contributed by atoms with Crippen molar-refractivity contribution in [1.29, 1.82) is 0 Å². The van der Waals surface area contributed by atoms with Crippen LogP contribution >= 0.6 is 0 Å². The fourth-order valence-corrected chi connectivity index (χ4v) is 2.32. The highest BCUT2D eigenvalue weighted by Gasteiger charge is 2.38. The maximum atomic E-state index is 12.1. The molecule has 0 saturated carbocycles. The summed E-state index contributed by atoms with van der Waals surface area (Å²) in [6.45, 7) is 5.15. The van der Waals surface area contributed by atoms with Crippen LogP contribution in [0.3, 0.4) is 0 Å². The predicted molar refractivity (Wildman–Crippen MR) is 69.1 cm³/mol. The molecular formula is C13H24N2O3. The summed E-state index contributed by atoms with van der Waals surface area (Å²) < 4.78 is 5.13. The molecular weight excluding hydrogens is 232 g/mol. The first-order valence-corrected chi connectivity index (χ1v) is 6.73. The van der Waals surface area contributed by atoms with Crippen molar-refractivity contribution in [2.24, 2.45) is 0 Å². The molecule has 1 heterocycles. The molecule has 1 N–H and O–H groups in total. The normalized spacial score (nSPS) is 21.7. The first-order valence-electron chi connectivity index (χ1n) is 6.73. The van der Waals surface area contributed by atoms with Crippen molar-refractivity contribution in [2.75, 3.05) is 20.3 Å². The molecule has 5 nitrogen and oxygen atoms in total. The van der Waals surface area contributed by atoms with Gasteiger partial charge in [0, 0.05) is 19.7 Å². The fraction of sp³-hybridized carbons (Fsp3) is 0.846. The van der Waals surface area contributed by atoms with Crippen molar-refractivity contribution < 1.29 is 14.3 Å². The molecule has 5 heteroatoms. The van der Waals surface area contributed by atoms with Crippen LogP contribution in [0.4, 0.5) is 0 Å². The molecule has 0 radical (unpaired) electrons. The summed E-state index contributed by atoms with van der Waals surface area (Å²) in [7, 11) is 1.65. The Balaban J connectivity index is 2.56. The van der Waals surface area contributed by atoms with Crippen molar-refractivity contribution >= 4 is 11.8 Å². The lowest BCUT2D eigenvalue weighted by molar-refractivity contribution is -0.138. The highest BCUT2D eigenvalue weighted by Crippen LogP contribution is 2.15. The van der Waals surface area contributed by atoms with Gasteiger partial charge >= 0.3 is 0 Å². The lowest BCUT2D eigenvalue weighted by Crippen LogP contribution is -2.45. The molecule has 0 bridgehead atoms. The Kier molecular flexibility index (Phi) is 6.29. The molecule has 1 aliphatic heterocycles. The molecule has 1 fully saturated rings. The van der Waals surface area contributed by atoms with E-state index in [0.29, 0.717) is 13.2 Å². The topological polar surface area (TPSA) is 58.6 Å². The monoisotopic (exact) mass is 256 g/mol. The average molecular weight is 256 g/mol. The lowest BCUT2D eigenvalue weighted by atomic mass is 10.1. The third kappa shape index (κ3) is 3.78. The van der Waals surface area contributed by atoms with Gasteiger partial charge in [0.25, 0.3) is 0 Å². The maximum absolute atomic E-state index is 12.1. The van der Waals surface area contributed by atoms with E-state index in [1.54, 1.807) is 7.11 Å². The third-order valence-electron chi connectivity index (χ3n) is 3.13. The molecule has 2 atom stereocenters. The molecule has 1 rings (SSSR count). The maximum Gasteiger partial charge on any atom is 0.246 e. The number of ether oxygens (including phenoxy) is 1. The Bertz CT molecular complexity index is 288. The SMILES string of the molecule is CCCC(COC)NC1CC(=O)N(CCC)C1=O. The molecule has 18 heavy (non-hydrogen) atoms. The van der Waals surface area contributed by atoms with E-state index in [1.807, 2.05) is 6.92 Å². The highest BCUT2D eigenvalue weighted by atomic mass is 16.5. The van der Waals surface area contributed by atoms with Gasteiger partial charge in [0.2, 0.25) is 11.8 Å². The minimum atomic E-state index is -0.365. The second-order valence-corrected chi connectivity index (χ2v) is 4.75.